The van der Waals surface area contributed by atoms with Crippen molar-refractivity contribution in [2.75, 3.05) is 0 Å². The van der Waals surface area contributed by atoms with Crippen LogP contribution in [0.3, 0.4) is 0 Å². The van der Waals surface area contributed by atoms with Gasteiger partial charge in [0.25, 0.3) is 0 Å². The minimum absolute atomic E-state index is 0.0566. The topological polar surface area (TPSA) is 55.9 Å². The maximum atomic E-state index is 5.17. The Labute approximate surface area is 114 Å². The summed E-state index contributed by atoms with van der Waals surface area (Å²) >= 11 is 0. The van der Waals surface area contributed by atoms with Crippen LogP contribution in [0.15, 0.2) is 16.8 Å². The summed E-state index contributed by atoms with van der Waals surface area (Å²) in [6.45, 7) is 9.92. The van der Waals surface area contributed by atoms with Gasteiger partial charge in [0.1, 0.15) is 0 Å². The van der Waals surface area contributed by atoms with Crippen molar-refractivity contribution in [3.05, 3.63) is 35.0 Å². The molecule has 0 aromatic carbocycles. The Morgan fingerprint density at radius 1 is 1.32 bits per heavy atom. The predicted octanol–water partition coefficient (Wildman–Crippen LogP) is 2.30. The lowest BCUT2D eigenvalue weighted by Gasteiger charge is -2.17. The summed E-state index contributed by atoms with van der Waals surface area (Å²) < 4.78 is 7.04. The second-order valence-electron chi connectivity index (χ2n) is 5.96. The van der Waals surface area contributed by atoms with Gasteiger partial charge < -0.3 is 9.84 Å². The van der Waals surface area contributed by atoms with Crippen molar-refractivity contribution in [1.29, 1.82) is 0 Å². The lowest BCUT2D eigenvalue weighted by Crippen LogP contribution is -2.18. The average Bonchev–Trinajstić information content (AvgIpc) is 2.85. The van der Waals surface area contributed by atoms with Crippen LogP contribution in [0, 0.1) is 6.92 Å². The molecule has 1 N–H and O–H groups in total. The van der Waals surface area contributed by atoms with Gasteiger partial charge in [-0.25, -0.2) is 0 Å². The molecule has 2 heterocycles. The summed E-state index contributed by atoms with van der Waals surface area (Å²) in [7, 11) is 1.96. The predicted molar refractivity (Wildman–Crippen MR) is 73.7 cm³/mol. The first kappa shape index (κ1) is 13.8. The third-order valence-corrected chi connectivity index (χ3v) is 2.91. The van der Waals surface area contributed by atoms with Crippen molar-refractivity contribution in [2.24, 2.45) is 7.05 Å². The molecule has 19 heavy (non-hydrogen) atoms. The molecule has 0 fully saturated rings. The van der Waals surface area contributed by atoms with Gasteiger partial charge in [0, 0.05) is 36.8 Å². The minimum atomic E-state index is 0.0566. The van der Waals surface area contributed by atoms with E-state index in [-0.39, 0.29) is 5.41 Å². The normalized spacial score (nSPS) is 12.1. The molecule has 0 amide bonds. The molecule has 0 spiro atoms. The number of aryl methyl sites for hydroxylation is 2. The SMILES string of the molecule is Cc1cc(CNCc2cn(C)nc2C(C)(C)C)on1. The van der Waals surface area contributed by atoms with E-state index in [1.807, 2.05) is 24.7 Å². The molecule has 0 aliphatic carbocycles. The Bertz CT molecular complexity index is 548. The molecule has 0 radical (unpaired) electrons. The van der Waals surface area contributed by atoms with Crippen LogP contribution in [-0.2, 0) is 25.6 Å². The van der Waals surface area contributed by atoms with E-state index in [0.717, 1.165) is 23.7 Å². The molecule has 0 unspecified atom stereocenters. The molecule has 2 aromatic heterocycles. The standard InChI is InChI=1S/C14H22N4O/c1-10-6-12(19-17-10)8-15-7-11-9-18(5)16-13(11)14(2,3)4/h6,9,15H,7-8H2,1-5H3. The van der Waals surface area contributed by atoms with Crippen molar-refractivity contribution in [1.82, 2.24) is 20.3 Å². The number of nitrogens with zero attached hydrogens (tertiary/aromatic N) is 3. The number of hydrogen-bond donors (Lipinski definition) is 1. The Kier molecular flexibility index (Phi) is 3.75. The van der Waals surface area contributed by atoms with E-state index in [9.17, 15) is 0 Å². The van der Waals surface area contributed by atoms with Crippen molar-refractivity contribution in [3.63, 3.8) is 0 Å². The Hall–Kier alpha value is -1.62. The molecule has 0 aliphatic heterocycles. The zero-order valence-corrected chi connectivity index (χ0v) is 12.3. The number of nitrogens with one attached hydrogen (secondary N) is 1. The Balaban J connectivity index is 2.00. The highest BCUT2D eigenvalue weighted by atomic mass is 16.5. The fraction of sp³-hybridized carbons (Fsp3) is 0.571. The third-order valence-electron chi connectivity index (χ3n) is 2.91. The second-order valence-corrected chi connectivity index (χ2v) is 5.96. The molecule has 0 atom stereocenters. The van der Waals surface area contributed by atoms with Gasteiger partial charge in [0.15, 0.2) is 5.76 Å². The van der Waals surface area contributed by atoms with E-state index < -0.39 is 0 Å². The zero-order valence-electron chi connectivity index (χ0n) is 12.3. The summed E-state index contributed by atoms with van der Waals surface area (Å²) in [6.07, 6.45) is 2.07. The van der Waals surface area contributed by atoms with Gasteiger partial charge in [-0.05, 0) is 6.92 Å². The van der Waals surface area contributed by atoms with E-state index in [4.69, 9.17) is 4.52 Å². The van der Waals surface area contributed by atoms with E-state index >= 15 is 0 Å². The molecule has 0 bridgehead atoms. The molecule has 5 heteroatoms. The molecule has 0 aliphatic rings. The molecule has 2 rings (SSSR count). The first-order valence-electron chi connectivity index (χ1n) is 6.52. The number of aromatic nitrogens is 3. The van der Waals surface area contributed by atoms with E-state index in [1.165, 1.54) is 5.56 Å². The fourth-order valence-corrected chi connectivity index (χ4v) is 2.12. The molecule has 0 saturated heterocycles. The highest BCUT2D eigenvalue weighted by Gasteiger charge is 2.21. The quantitative estimate of drug-likeness (QED) is 0.918. The number of hydrogen-bond acceptors (Lipinski definition) is 4. The summed E-state index contributed by atoms with van der Waals surface area (Å²) in [5, 5.41) is 11.8. The molecule has 0 saturated carbocycles. The lowest BCUT2D eigenvalue weighted by atomic mass is 9.89. The average molecular weight is 262 g/mol. The maximum Gasteiger partial charge on any atom is 0.150 e. The van der Waals surface area contributed by atoms with Gasteiger partial charge in [-0.1, -0.05) is 25.9 Å². The van der Waals surface area contributed by atoms with E-state index in [1.54, 1.807) is 0 Å². The first-order valence-corrected chi connectivity index (χ1v) is 6.52. The van der Waals surface area contributed by atoms with Crippen molar-refractivity contribution >= 4 is 0 Å². The van der Waals surface area contributed by atoms with Crippen molar-refractivity contribution < 1.29 is 4.52 Å². The third kappa shape index (κ3) is 3.44. The summed E-state index contributed by atoms with van der Waals surface area (Å²) in [5.74, 6) is 0.860. The minimum Gasteiger partial charge on any atom is -0.360 e. The smallest absolute Gasteiger partial charge is 0.150 e. The highest BCUT2D eigenvalue weighted by Crippen LogP contribution is 2.24. The van der Waals surface area contributed by atoms with Crippen LogP contribution in [0.5, 0.6) is 0 Å². The van der Waals surface area contributed by atoms with Gasteiger partial charge in [-0.15, -0.1) is 0 Å². The van der Waals surface area contributed by atoms with Gasteiger partial charge in [0.05, 0.1) is 17.9 Å². The molecular formula is C14H22N4O. The summed E-state index contributed by atoms with van der Waals surface area (Å²) in [5.41, 5.74) is 3.33. The van der Waals surface area contributed by atoms with Crippen LogP contribution < -0.4 is 5.32 Å². The molecule has 104 valence electrons. The van der Waals surface area contributed by atoms with Crippen LogP contribution in [0.2, 0.25) is 0 Å². The van der Waals surface area contributed by atoms with E-state index in [0.29, 0.717) is 6.54 Å². The second kappa shape index (κ2) is 5.17. The first-order chi connectivity index (χ1) is 8.86. The fourth-order valence-electron chi connectivity index (χ4n) is 2.12. The van der Waals surface area contributed by atoms with Gasteiger partial charge in [0.2, 0.25) is 0 Å². The molecular weight excluding hydrogens is 240 g/mol. The monoisotopic (exact) mass is 262 g/mol. The van der Waals surface area contributed by atoms with E-state index in [2.05, 4.69) is 42.5 Å². The highest BCUT2D eigenvalue weighted by molar-refractivity contribution is 5.23. The van der Waals surface area contributed by atoms with Crippen LogP contribution in [0.1, 0.15) is 43.5 Å². The van der Waals surface area contributed by atoms with Crippen molar-refractivity contribution in [2.45, 2.75) is 46.2 Å². The molecule has 2 aromatic rings. The van der Waals surface area contributed by atoms with Gasteiger partial charge in [-0.3, -0.25) is 4.68 Å². The maximum absolute atomic E-state index is 5.17. The summed E-state index contributed by atoms with van der Waals surface area (Å²) in [6, 6.07) is 1.95. The van der Waals surface area contributed by atoms with Crippen LogP contribution in [0.25, 0.3) is 0 Å². The zero-order chi connectivity index (χ0) is 14.0. The van der Waals surface area contributed by atoms with Crippen LogP contribution in [-0.4, -0.2) is 14.9 Å². The van der Waals surface area contributed by atoms with Crippen LogP contribution >= 0.6 is 0 Å². The van der Waals surface area contributed by atoms with Gasteiger partial charge in [-0.2, -0.15) is 5.10 Å². The van der Waals surface area contributed by atoms with Crippen molar-refractivity contribution in [3.8, 4) is 0 Å². The summed E-state index contributed by atoms with van der Waals surface area (Å²) in [4.78, 5) is 0. The Morgan fingerprint density at radius 3 is 2.63 bits per heavy atom. The largest absolute Gasteiger partial charge is 0.360 e. The molecule has 5 nitrogen and oxygen atoms in total. The van der Waals surface area contributed by atoms with Crippen LogP contribution in [0.4, 0.5) is 0 Å². The number of rotatable bonds is 4. The lowest BCUT2D eigenvalue weighted by molar-refractivity contribution is 0.369. The van der Waals surface area contributed by atoms with Gasteiger partial charge >= 0.3 is 0 Å². The Morgan fingerprint density at radius 2 is 2.05 bits per heavy atom.